The summed E-state index contributed by atoms with van der Waals surface area (Å²) >= 11 is 0. The number of hydrogen-bond donors (Lipinski definition) is 0. The normalized spacial score (nSPS) is 14.9. The minimum Gasteiger partial charge on any atom is -0.496 e. The molecule has 0 spiro atoms. The highest BCUT2D eigenvalue weighted by molar-refractivity contribution is 5.97. The van der Waals surface area contributed by atoms with Crippen molar-refractivity contribution < 1.29 is 18.7 Å². The zero-order chi connectivity index (χ0) is 19.2. The van der Waals surface area contributed by atoms with Crippen LogP contribution in [0.25, 0.3) is 0 Å². The Morgan fingerprint density at radius 1 is 1.07 bits per heavy atom. The van der Waals surface area contributed by atoms with E-state index in [-0.39, 0.29) is 11.5 Å². The molecule has 0 radical (unpaired) electrons. The molecule has 0 atom stereocenters. The minimum absolute atomic E-state index is 0.188. The molecular weight excluding hydrogens is 347 g/mol. The Bertz CT molecular complexity index is 771. The molecule has 0 N–H and O–H groups in total. The van der Waals surface area contributed by atoms with Crippen molar-refractivity contribution in [3.05, 3.63) is 59.4 Å². The SMILES string of the molecule is CCOc1ccc(CN2CCN(C(=O)c3cc(F)ccc3OC)CC2)cc1. The number of carbonyl (C=O) groups excluding carboxylic acids is 1. The van der Waals surface area contributed by atoms with Crippen LogP contribution in [0.1, 0.15) is 22.8 Å². The second-order valence-corrected chi connectivity index (χ2v) is 6.49. The maximum Gasteiger partial charge on any atom is 0.257 e. The number of hydrogen-bond acceptors (Lipinski definition) is 4. The Kier molecular flexibility index (Phi) is 6.29. The first-order chi connectivity index (χ1) is 13.1. The van der Waals surface area contributed by atoms with Crippen LogP contribution in [0.4, 0.5) is 4.39 Å². The summed E-state index contributed by atoms with van der Waals surface area (Å²) in [4.78, 5) is 16.8. The summed E-state index contributed by atoms with van der Waals surface area (Å²) in [6.07, 6.45) is 0. The highest BCUT2D eigenvalue weighted by Crippen LogP contribution is 2.22. The average molecular weight is 372 g/mol. The fourth-order valence-corrected chi connectivity index (χ4v) is 3.24. The molecule has 1 aliphatic rings. The van der Waals surface area contributed by atoms with Gasteiger partial charge in [-0.15, -0.1) is 0 Å². The number of halogens is 1. The fourth-order valence-electron chi connectivity index (χ4n) is 3.24. The quantitative estimate of drug-likeness (QED) is 0.781. The lowest BCUT2D eigenvalue weighted by Crippen LogP contribution is -2.48. The Morgan fingerprint density at radius 2 is 1.78 bits per heavy atom. The molecule has 1 aliphatic heterocycles. The molecular formula is C21H25FN2O3. The van der Waals surface area contributed by atoms with Crippen molar-refractivity contribution in [1.29, 1.82) is 0 Å². The fraction of sp³-hybridized carbons (Fsp3) is 0.381. The van der Waals surface area contributed by atoms with E-state index in [2.05, 4.69) is 17.0 Å². The van der Waals surface area contributed by atoms with E-state index in [0.717, 1.165) is 25.4 Å². The van der Waals surface area contributed by atoms with E-state index >= 15 is 0 Å². The third-order valence-electron chi connectivity index (χ3n) is 4.69. The van der Waals surface area contributed by atoms with Crippen molar-refractivity contribution >= 4 is 5.91 Å². The average Bonchev–Trinajstić information content (AvgIpc) is 2.70. The summed E-state index contributed by atoms with van der Waals surface area (Å²) in [5.74, 6) is 0.652. The molecule has 27 heavy (non-hydrogen) atoms. The second kappa shape index (κ2) is 8.86. The van der Waals surface area contributed by atoms with Gasteiger partial charge in [0.15, 0.2) is 0 Å². The van der Waals surface area contributed by atoms with Crippen LogP contribution in [0.15, 0.2) is 42.5 Å². The zero-order valence-electron chi connectivity index (χ0n) is 15.8. The number of nitrogens with zero attached hydrogens (tertiary/aromatic N) is 2. The molecule has 1 heterocycles. The first-order valence-corrected chi connectivity index (χ1v) is 9.17. The smallest absolute Gasteiger partial charge is 0.257 e. The van der Waals surface area contributed by atoms with Crippen molar-refractivity contribution in [2.75, 3.05) is 39.9 Å². The molecule has 1 saturated heterocycles. The number of amides is 1. The standard InChI is InChI=1S/C21H25FN2O3/c1-3-27-18-7-4-16(5-8-18)15-23-10-12-24(13-11-23)21(25)19-14-17(22)6-9-20(19)26-2/h4-9,14H,3,10-13,15H2,1-2H3. The molecule has 0 aromatic heterocycles. The van der Waals surface area contributed by atoms with Crippen LogP contribution < -0.4 is 9.47 Å². The number of carbonyl (C=O) groups is 1. The van der Waals surface area contributed by atoms with E-state index in [1.54, 1.807) is 4.90 Å². The van der Waals surface area contributed by atoms with Gasteiger partial charge in [-0.2, -0.15) is 0 Å². The van der Waals surface area contributed by atoms with Gasteiger partial charge in [-0.05, 0) is 42.8 Å². The van der Waals surface area contributed by atoms with Gasteiger partial charge in [0.2, 0.25) is 0 Å². The molecule has 2 aromatic carbocycles. The number of benzene rings is 2. The first-order valence-electron chi connectivity index (χ1n) is 9.17. The first kappa shape index (κ1) is 19.2. The molecule has 0 aliphatic carbocycles. The van der Waals surface area contributed by atoms with Crippen LogP contribution in [0.2, 0.25) is 0 Å². The van der Waals surface area contributed by atoms with E-state index in [1.807, 2.05) is 19.1 Å². The van der Waals surface area contributed by atoms with Gasteiger partial charge in [0.25, 0.3) is 5.91 Å². The zero-order valence-corrected chi connectivity index (χ0v) is 15.8. The Morgan fingerprint density at radius 3 is 2.41 bits per heavy atom. The van der Waals surface area contributed by atoms with Gasteiger partial charge in [0.1, 0.15) is 17.3 Å². The van der Waals surface area contributed by atoms with E-state index in [0.29, 0.717) is 25.4 Å². The molecule has 2 aromatic rings. The molecule has 1 amide bonds. The highest BCUT2D eigenvalue weighted by atomic mass is 19.1. The van der Waals surface area contributed by atoms with Crippen LogP contribution in [0.3, 0.4) is 0 Å². The van der Waals surface area contributed by atoms with Crippen molar-refractivity contribution in [1.82, 2.24) is 9.80 Å². The molecule has 5 nitrogen and oxygen atoms in total. The summed E-state index contributed by atoms with van der Waals surface area (Å²) in [7, 11) is 1.48. The number of rotatable bonds is 6. The largest absolute Gasteiger partial charge is 0.496 e. The molecule has 1 fully saturated rings. The van der Waals surface area contributed by atoms with Crippen LogP contribution >= 0.6 is 0 Å². The van der Waals surface area contributed by atoms with Crippen LogP contribution in [0.5, 0.6) is 11.5 Å². The van der Waals surface area contributed by atoms with E-state index in [9.17, 15) is 9.18 Å². The summed E-state index contributed by atoms with van der Waals surface area (Å²) in [6.45, 7) is 6.22. The lowest BCUT2D eigenvalue weighted by molar-refractivity contribution is 0.0624. The number of piperazine rings is 1. The van der Waals surface area contributed by atoms with E-state index in [4.69, 9.17) is 9.47 Å². The molecule has 0 bridgehead atoms. The number of methoxy groups -OCH3 is 1. The summed E-state index contributed by atoms with van der Waals surface area (Å²) in [6, 6.07) is 12.1. The van der Waals surface area contributed by atoms with Crippen LogP contribution in [0, 0.1) is 5.82 Å². The van der Waals surface area contributed by atoms with Gasteiger partial charge in [0, 0.05) is 32.7 Å². The molecule has 144 valence electrons. The topological polar surface area (TPSA) is 42.0 Å². The third-order valence-corrected chi connectivity index (χ3v) is 4.69. The molecule has 0 unspecified atom stereocenters. The molecule has 0 saturated carbocycles. The van der Waals surface area contributed by atoms with Gasteiger partial charge in [-0.25, -0.2) is 4.39 Å². The predicted octanol–water partition coefficient (Wildman–Crippen LogP) is 3.19. The summed E-state index contributed by atoms with van der Waals surface area (Å²) in [5, 5.41) is 0. The van der Waals surface area contributed by atoms with E-state index in [1.165, 1.54) is 30.9 Å². The monoisotopic (exact) mass is 372 g/mol. The van der Waals surface area contributed by atoms with Gasteiger partial charge >= 0.3 is 0 Å². The summed E-state index contributed by atoms with van der Waals surface area (Å²) in [5.41, 5.74) is 1.49. The third kappa shape index (κ3) is 4.77. The highest BCUT2D eigenvalue weighted by Gasteiger charge is 2.24. The Labute approximate surface area is 159 Å². The lowest BCUT2D eigenvalue weighted by atomic mass is 10.1. The minimum atomic E-state index is -0.437. The van der Waals surface area contributed by atoms with Gasteiger partial charge in [-0.3, -0.25) is 9.69 Å². The van der Waals surface area contributed by atoms with Gasteiger partial charge < -0.3 is 14.4 Å². The van der Waals surface area contributed by atoms with Crippen molar-refractivity contribution in [2.45, 2.75) is 13.5 Å². The lowest BCUT2D eigenvalue weighted by Gasteiger charge is -2.35. The molecule has 3 rings (SSSR count). The van der Waals surface area contributed by atoms with Crippen molar-refractivity contribution in [2.24, 2.45) is 0 Å². The maximum atomic E-state index is 13.5. The van der Waals surface area contributed by atoms with Gasteiger partial charge in [-0.1, -0.05) is 12.1 Å². The Balaban J connectivity index is 1.57. The summed E-state index contributed by atoms with van der Waals surface area (Å²) < 4.78 is 24.2. The van der Waals surface area contributed by atoms with E-state index < -0.39 is 5.82 Å². The van der Waals surface area contributed by atoms with Gasteiger partial charge in [0.05, 0.1) is 19.3 Å². The van der Waals surface area contributed by atoms with Crippen molar-refractivity contribution in [3.8, 4) is 11.5 Å². The predicted molar refractivity (Wildman–Crippen MR) is 102 cm³/mol. The van der Waals surface area contributed by atoms with Crippen molar-refractivity contribution in [3.63, 3.8) is 0 Å². The second-order valence-electron chi connectivity index (χ2n) is 6.49. The maximum absolute atomic E-state index is 13.5. The Hall–Kier alpha value is -2.60. The van der Waals surface area contributed by atoms with Crippen LogP contribution in [-0.4, -0.2) is 55.6 Å². The molecule has 6 heteroatoms. The van der Waals surface area contributed by atoms with Crippen LogP contribution in [-0.2, 0) is 6.54 Å². The number of ether oxygens (including phenoxy) is 2.